The molecule has 3 heteroatoms. The fourth-order valence-corrected chi connectivity index (χ4v) is 2.73. The van der Waals surface area contributed by atoms with Gasteiger partial charge in [0, 0.05) is 12.6 Å². The van der Waals surface area contributed by atoms with E-state index in [-0.39, 0.29) is 0 Å². The first-order chi connectivity index (χ1) is 8.22. The summed E-state index contributed by atoms with van der Waals surface area (Å²) in [5.41, 5.74) is 1.70. The lowest BCUT2D eigenvalue weighted by atomic mass is 10.1. The molecule has 0 N–H and O–H groups in total. The van der Waals surface area contributed by atoms with Gasteiger partial charge in [0.25, 0.3) is 0 Å². The van der Waals surface area contributed by atoms with Crippen molar-refractivity contribution in [2.45, 2.75) is 38.6 Å². The van der Waals surface area contributed by atoms with Crippen LogP contribution in [0.1, 0.15) is 38.2 Å². The van der Waals surface area contributed by atoms with Crippen LogP contribution in [0.25, 0.3) is 0 Å². The summed E-state index contributed by atoms with van der Waals surface area (Å²) < 4.78 is 0. The molecule has 0 spiro atoms. The number of nitrogens with zero attached hydrogens (tertiary/aromatic N) is 2. The third-order valence-electron chi connectivity index (χ3n) is 3.44. The number of benzene rings is 1. The third-order valence-corrected chi connectivity index (χ3v) is 3.74. The van der Waals surface area contributed by atoms with E-state index >= 15 is 0 Å². The Morgan fingerprint density at radius 3 is 2.88 bits per heavy atom. The zero-order chi connectivity index (χ0) is 12.3. The normalized spacial score (nSPS) is 20.8. The molecule has 0 amide bonds. The van der Waals surface area contributed by atoms with Crippen LogP contribution in [0.5, 0.6) is 0 Å². The van der Waals surface area contributed by atoms with Crippen LogP contribution < -0.4 is 4.90 Å². The molecule has 1 aliphatic rings. The molecule has 1 aliphatic heterocycles. The number of hydrogen-bond donors (Lipinski definition) is 0. The molecule has 1 aromatic carbocycles. The molecule has 1 aromatic rings. The zero-order valence-electron chi connectivity index (χ0n) is 10.1. The lowest BCUT2D eigenvalue weighted by Gasteiger charge is -2.30. The van der Waals surface area contributed by atoms with Crippen LogP contribution >= 0.6 is 11.6 Å². The van der Waals surface area contributed by atoms with Gasteiger partial charge >= 0.3 is 0 Å². The molecule has 0 radical (unpaired) electrons. The van der Waals surface area contributed by atoms with Crippen molar-refractivity contribution in [3.8, 4) is 6.07 Å². The molecule has 0 bridgehead atoms. The minimum atomic E-state index is 0.530. The number of halogens is 1. The van der Waals surface area contributed by atoms with Crippen molar-refractivity contribution >= 4 is 17.3 Å². The maximum Gasteiger partial charge on any atom is 0.0992 e. The number of hydrogen-bond acceptors (Lipinski definition) is 2. The summed E-state index contributed by atoms with van der Waals surface area (Å²) in [6.45, 7) is 3.31. The average Bonchev–Trinajstić information content (AvgIpc) is 2.54. The van der Waals surface area contributed by atoms with E-state index in [0.717, 1.165) is 12.2 Å². The molecule has 17 heavy (non-hydrogen) atoms. The molecule has 0 saturated carbocycles. The SMILES string of the molecule is CC1CCCCCN1c1ccc(C#N)cc1Cl. The maximum absolute atomic E-state index is 8.84. The highest BCUT2D eigenvalue weighted by Gasteiger charge is 2.19. The van der Waals surface area contributed by atoms with Crippen molar-refractivity contribution in [1.82, 2.24) is 0 Å². The molecule has 0 aliphatic carbocycles. The van der Waals surface area contributed by atoms with E-state index in [1.54, 1.807) is 6.07 Å². The van der Waals surface area contributed by atoms with Crippen LogP contribution in [-0.4, -0.2) is 12.6 Å². The lowest BCUT2D eigenvalue weighted by Crippen LogP contribution is -2.32. The molecule has 1 heterocycles. The largest absolute Gasteiger partial charge is 0.368 e. The van der Waals surface area contributed by atoms with Gasteiger partial charge in [-0.15, -0.1) is 0 Å². The number of rotatable bonds is 1. The van der Waals surface area contributed by atoms with E-state index < -0.39 is 0 Å². The van der Waals surface area contributed by atoms with Crippen LogP contribution in [0.2, 0.25) is 5.02 Å². The summed E-state index contributed by atoms with van der Waals surface area (Å²) in [5.74, 6) is 0. The topological polar surface area (TPSA) is 27.0 Å². The molecule has 1 unspecified atom stereocenters. The van der Waals surface area contributed by atoms with Gasteiger partial charge in [-0.05, 0) is 38.0 Å². The van der Waals surface area contributed by atoms with Crippen molar-refractivity contribution < 1.29 is 0 Å². The molecule has 1 fully saturated rings. The summed E-state index contributed by atoms with van der Waals surface area (Å²) >= 11 is 6.27. The zero-order valence-corrected chi connectivity index (χ0v) is 10.9. The van der Waals surface area contributed by atoms with Crippen LogP contribution in [0.15, 0.2) is 18.2 Å². The quantitative estimate of drug-likeness (QED) is 0.752. The molecular weight excluding hydrogens is 232 g/mol. The van der Waals surface area contributed by atoms with Crippen molar-refractivity contribution in [3.05, 3.63) is 28.8 Å². The summed E-state index contributed by atoms with van der Waals surface area (Å²) in [7, 11) is 0. The van der Waals surface area contributed by atoms with Crippen molar-refractivity contribution in [2.75, 3.05) is 11.4 Å². The van der Waals surface area contributed by atoms with Gasteiger partial charge in [0.05, 0.1) is 22.3 Å². The fraction of sp³-hybridized carbons (Fsp3) is 0.500. The van der Waals surface area contributed by atoms with Gasteiger partial charge in [0.15, 0.2) is 0 Å². The van der Waals surface area contributed by atoms with Crippen LogP contribution in [-0.2, 0) is 0 Å². The Bertz CT molecular complexity index is 436. The predicted octanol–water partition coefficient (Wildman–Crippen LogP) is 3.98. The standard InChI is InChI=1S/C14H17ClN2/c1-11-5-3-2-4-8-17(11)14-7-6-12(10-16)9-13(14)15/h6-7,9,11H,2-5,8H2,1H3. The van der Waals surface area contributed by atoms with Crippen molar-refractivity contribution in [3.63, 3.8) is 0 Å². The van der Waals surface area contributed by atoms with Gasteiger partial charge < -0.3 is 4.90 Å². The highest BCUT2D eigenvalue weighted by molar-refractivity contribution is 6.33. The Kier molecular flexibility index (Phi) is 3.91. The molecule has 90 valence electrons. The second-order valence-electron chi connectivity index (χ2n) is 4.67. The van der Waals surface area contributed by atoms with Gasteiger partial charge in [0.2, 0.25) is 0 Å². The van der Waals surface area contributed by atoms with Gasteiger partial charge in [-0.1, -0.05) is 24.4 Å². The first-order valence-electron chi connectivity index (χ1n) is 6.18. The number of nitriles is 1. The Balaban J connectivity index is 2.29. The highest BCUT2D eigenvalue weighted by atomic mass is 35.5. The third kappa shape index (κ3) is 2.73. The van der Waals surface area contributed by atoms with Gasteiger partial charge in [-0.2, -0.15) is 5.26 Å². The average molecular weight is 249 g/mol. The van der Waals surface area contributed by atoms with Gasteiger partial charge in [-0.3, -0.25) is 0 Å². The van der Waals surface area contributed by atoms with E-state index in [1.165, 1.54) is 25.7 Å². The van der Waals surface area contributed by atoms with E-state index in [9.17, 15) is 0 Å². The van der Waals surface area contributed by atoms with Gasteiger partial charge in [-0.25, -0.2) is 0 Å². The monoisotopic (exact) mass is 248 g/mol. The summed E-state index contributed by atoms with van der Waals surface area (Å²) in [6.07, 6.45) is 5.04. The summed E-state index contributed by atoms with van der Waals surface area (Å²) in [4.78, 5) is 2.37. The van der Waals surface area contributed by atoms with Crippen molar-refractivity contribution in [1.29, 1.82) is 5.26 Å². The molecule has 1 atom stereocenters. The van der Waals surface area contributed by atoms with E-state index in [4.69, 9.17) is 16.9 Å². The van der Waals surface area contributed by atoms with E-state index in [2.05, 4.69) is 17.9 Å². The molecule has 1 saturated heterocycles. The Hall–Kier alpha value is -1.20. The first kappa shape index (κ1) is 12.3. The first-order valence-corrected chi connectivity index (χ1v) is 6.56. The minimum absolute atomic E-state index is 0.530. The summed E-state index contributed by atoms with van der Waals surface area (Å²) in [6, 6.07) is 8.23. The Morgan fingerprint density at radius 1 is 1.35 bits per heavy atom. The molecule has 0 aromatic heterocycles. The summed E-state index contributed by atoms with van der Waals surface area (Å²) in [5, 5.41) is 9.53. The maximum atomic E-state index is 8.84. The highest BCUT2D eigenvalue weighted by Crippen LogP contribution is 2.31. The second kappa shape index (κ2) is 5.42. The minimum Gasteiger partial charge on any atom is -0.368 e. The van der Waals surface area contributed by atoms with Gasteiger partial charge in [0.1, 0.15) is 0 Å². The fourth-order valence-electron chi connectivity index (χ4n) is 2.44. The van der Waals surface area contributed by atoms with E-state index in [1.807, 2.05) is 12.1 Å². The van der Waals surface area contributed by atoms with E-state index in [0.29, 0.717) is 16.6 Å². The molecular formula is C14H17ClN2. The van der Waals surface area contributed by atoms with Crippen LogP contribution in [0.3, 0.4) is 0 Å². The molecule has 2 nitrogen and oxygen atoms in total. The lowest BCUT2D eigenvalue weighted by molar-refractivity contribution is 0.616. The second-order valence-corrected chi connectivity index (χ2v) is 5.08. The smallest absolute Gasteiger partial charge is 0.0992 e. The van der Waals surface area contributed by atoms with Crippen molar-refractivity contribution in [2.24, 2.45) is 0 Å². The molecule has 2 rings (SSSR count). The predicted molar refractivity (Wildman–Crippen MR) is 71.4 cm³/mol. The van der Waals surface area contributed by atoms with Crippen LogP contribution in [0.4, 0.5) is 5.69 Å². The Morgan fingerprint density at radius 2 is 2.18 bits per heavy atom. The number of anilines is 1. The van der Waals surface area contributed by atoms with Crippen LogP contribution in [0, 0.1) is 11.3 Å². The Labute approximate surface area is 108 Å².